The van der Waals surface area contributed by atoms with Gasteiger partial charge in [0.2, 0.25) is 15.9 Å². The number of carbonyl (C=O) groups is 1. The van der Waals surface area contributed by atoms with E-state index in [9.17, 15) is 18.0 Å². The average molecular weight is 431 g/mol. The second-order valence-electron chi connectivity index (χ2n) is 7.67. The van der Waals surface area contributed by atoms with Gasteiger partial charge in [-0.2, -0.15) is 0 Å². The second kappa shape index (κ2) is 7.98. The summed E-state index contributed by atoms with van der Waals surface area (Å²) in [5, 5.41) is 2.72. The topological polar surface area (TPSA) is 93.4 Å². The third kappa shape index (κ3) is 4.25. The number of aryl methyl sites for hydroxylation is 2. The fraction of sp³-hybridized carbons (Fsp3) is 0.333. The van der Waals surface area contributed by atoms with Crippen LogP contribution in [0.4, 0.5) is 11.4 Å². The van der Waals surface area contributed by atoms with E-state index in [0.717, 1.165) is 21.6 Å². The number of sulfonamides is 1. The molecule has 9 heteroatoms. The molecule has 160 valence electrons. The monoisotopic (exact) mass is 430 g/mol. The predicted molar refractivity (Wildman–Crippen MR) is 120 cm³/mol. The van der Waals surface area contributed by atoms with Crippen LogP contribution in [-0.2, 0) is 28.9 Å². The number of hydrogen-bond donors (Lipinski definition) is 1. The molecule has 8 nitrogen and oxygen atoms in total. The number of benzene rings is 2. The molecule has 30 heavy (non-hydrogen) atoms. The van der Waals surface area contributed by atoms with E-state index in [1.54, 1.807) is 44.4 Å². The van der Waals surface area contributed by atoms with Crippen molar-refractivity contribution in [3.63, 3.8) is 0 Å². The molecule has 0 atom stereocenters. The minimum Gasteiger partial charge on any atom is -0.324 e. The van der Waals surface area contributed by atoms with E-state index in [0.29, 0.717) is 22.8 Å². The van der Waals surface area contributed by atoms with Gasteiger partial charge in [-0.1, -0.05) is 26.0 Å². The number of anilines is 2. The largest absolute Gasteiger partial charge is 0.328 e. The summed E-state index contributed by atoms with van der Waals surface area (Å²) in [6.07, 6.45) is 1.07. The number of amides is 1. The van der Waals surface area contributed by atoms with E-state index in [1.807, 2.05) is 12.1 Å². The summed E-state index contributed by atoms with van der Waals surface area (Å²) in [4.78, 5) is 24.7. The van der Waals surface area contributed by atoms with Crippen molar-refractivity contribution >= 4 is 38.3 Å². The SMILES string of the molecule is CC(C)c1ccc(N(CC(=O)Nc2ccc3c(c2)n(C)c(=O)n3C)S(C)(=O)=O)cc1. The minimum atomic E-state index is -3.66. The molecule has 1 heterocycles. The summed E-state index contributed by atoms with van der Waals surface area (Å²) in [5.41, 5.74) is 3.24. The molecular weight excluding hydrogens is 404 g/mol. The average Bonchev–Trinajstić information content (AvgIpc) is 2.89. The van der Waals surface area contributed by atoms with Gasteiger partial charge in [0.1, 0.15) is 6.54 Å². The molecule has 3 rings (SSSR count). The third-order valence-corrected chi connectivity index (χ3v) is 6.23. The number of hydrogen-bond acceptors (Lipinski definition) is 4. The molecule has 0 saturated carbocycles. The lowest BCUT2D eigenvalue weighted by atomic mass is 10.0. The molecule has 0 saturated heterocycles. The Bertz CT molecular complexity index is 1250. The molecule has 1 amide bonds. The first-order chi connectivity index (χ1) is 14.0. The Morgan fingerprint density at radius 1 is 1.03 bits per heavy atom. The van der Waals surface area contributed by atoms with Crippen molar-refractivity contribution in [1.82, 2.24) is 9.13 Å². The first kappa shape index (κ1) is 21.6. The summed E-state index contributed by atoms with van der Waals surface area (Å²) in [5.74, 6) is -0.161. The molecule has 0 unspecified atom stereocenters. The molecule has 1 aromatic heterocycles. The van der Waals surface area contributed by atoms with E-state index < -0.39 is 15.9 Å². The van der Waals surface area contributed by atoms with E-state index in [-0.39, 0.29) is 12.2 Å². The van der Waals surface area contributed by atoms with Crippen molar-refractivity contribution in [3.8, 4) is 0 Å². The van der Waals surface area contributed by atoms with Crippen LogP contribution in [0.3, 0.4) is 0 Å². The fourth-order valence-electron chi connectivity index (χ4n) is 3.34. The van der Waals surface area contributed by atoms with Crippen LogP contribution >= 0.6 is 0 Å². The van der Waals surface area contributed by atoms with Crippen molar-refractivity contribution in [2.45, 2.75) is 19.8 Å². The van der Waals surface area contributed by atoms with Gasteiger partial charge >= 0.3 is 5.69 Å². The van der Waals surface area contributed by atoms with Gasteiger partial charge < -0.3 is 5.32 Å². The van der Waals surface area contributed by atoms with Gasteiger partial charge in [0.05, 0.1) is 23.0 Å². The molecule has 1 N–H and O–H groups in total. The van der Waals surface area contributed by atoms with Crippen LogP contribution in [0, 0.1) is 0 Å². The van der Waals surface area contributed by atoms with Crippen molar-refractivity contribution in [2.24, 2.45) is 14.1 Å². The van der Waals surface area contributed by atoms with E-state index in [4.69, 9.17) is 0 Å². The number of rotatable bonds is 6. The van der Waals surface area contributed by atoms with E-state index in [1.165, 1.54) is 9.13 Å². The van der Waals surface area contributed by atoms with Crippen LogP contribution in [0.1, 0.15) is 25.3 Å². The van der Waals surface area contributed by atoms with Crippen LogP contribution in [0.5, 0.6) is 0 Å². The Morgan fingerprint density at radius 2 is 1.63 bits per heavy atom. The number of nitrogens with one attached hydrogen (secondary N) is 1. The Balaban J connectivity index is 1.84. The fourth-order valence-corrected chi connectivity index (χ4v) is 4.20. The predicted octanol–water partition coefficient (Wildman–Crippen LogP) is 2.41. The van der Waals surface area contributed by atoms with Crippen LogP contribution in [0.15, 0.2) is 47.3 Å². The van der Waals surface area contributed by atoms with E-state index >= 15 is 0 Å². The molecular formula is C21H26N4O4S. The normalized spacial score (nSPS) is 11.8. The number of imidazole rings is 1. The van der Waals surface area contributed by atoms with Gasteiger partial charge in [-0.05, 0) is 41.8 Å². The van der Waals surface area contributed by atoms with Gasteiger partial charge in [0.15, 0.2) is 0 Å². The van der Waals surface area contributed by atoms with Gasteiger partial charge in [0, 0.05) is 19.8 Å². The summed E-state index contributed by atoms with van der Waals surface area (Å²) < 4.78 is 28.7. The quantitative estimate of drug-likeness (QED) is 0.650. The van der Waals surface area contributed by atoms with Crippen LogP contribution < -0.4 is 15.3 Å². The maximum atomic E-state index is 12.6. The Labute approximate surface area is 175 Å². The zero-order valence-electron chi connectivity index (χ0n) is 17.7. The first-order valence-electron chi connectivity index (χ1n) is 9.52. The molecule has 0 aliphatic carbocycles. The molecule has 0 aliphatic heterocycles. The lowest BCUT2D eigenvalue weighted by Crippen LogP contribution is -2.37. The van der Waals surface area contributed by atoms with Gasteiger partial charge in [0.25, 0.3) is 0 Å². The number of nitrogens with zero attached hydrogens (tertiary/aromatic N) is 3. The van der Waals surface area contributed by atoms with Crippen LogP contribution in [0.25, 0.3) is 11.0 Å². The summed E-state index contributed by atoms with van der Waals surface area (Å²) in [6, 6.07) is 12.2. The minimum absolute atomic E-state index is 0.165. The van der Waals surface area contributed by atoms with Gasteiger partial charge in [-0.3, -0.25) is 18.2 Å². The summed E-state index contributed by atoms with van der Waals surface area (Å²) in [6.45, 7) is 3.75. The highest BCUT2D eigenvalue weighted by atomic mass is 32.2. The Kier molecular flexibility index (Phi) is 5.76. The highest BCUT2D eigenvalue weighted by molar-refractivity contribution is 7.92. The van der Waals surface area contributed by atoms with Crippen molar-refractivity contribution in [3.05, 3.63) is 58.5 Å². The molecule has 3 aromatic rings. The summed E-state index contributed by atoms with van der Waals surface area (Å²) in [7, 11) is -0.325. The third-order valence-electron chi connectivity index (χ3n) is 5.09. The van der Waals surface area contributed by atoms with E-state index in [2.05, 4.69) is 19.2 Å². The maximum absolute atomic E-state index is 12.6. The molecule has 0 fully saturated rings. The highest BCUT2D eigenvalue weighted by Gasteiger charge is 2.21. The van der Waals surface area contributed by atoms with Crippen molar-refractivity contribution < 1.29 is 13.2 Å². The lowest BCUT2D eigenvalue weighted by molar-refractivity contribution is -0.114. The summed E-state index contributed by atoms with van der Waals surface area (Å²) >= 11 is 0. The maximum Gasteiger partial charge on any atom is 0.328 e. The zero-order valence-corrected chi connectivity index (χ0v) is 18.5. The van der Waals surface area contributed by atoms with Gasteiger partial charge in [-0.25, -0.2) is 13.2 Å². The smallest absolute Gasteiger partial charge is 0.324 e. The highest BCUT2D eigenvalue weighted by Crippen LogP contribution is 2.22. The van der Waals surface area contributed by atoms with Crippen LogP contribution in [-0.4, -0.2) is 36.3 Å². The molecule has 0 spiro atoms. The second-order valence-corrected chi connectivity index (χ2v) is 9.57. The van der Waals surface area contributed by atoms with Crippen molar-refractivity contribution in [1.29, 1.82) is 0 Å². The molecule has 0 radical (unpaired) electrons. The van der Waals surface area contributed by atoms with Crippen LogP contribution in [0.2, 0.25) is 0 Å². The standard InChI is InChI=1S/C21H26N4O4S/c1-14(2)15-6-9-17(10-7-15)25(30(5,28)29)13-20(26)22-16-8-11-18-19(12-16)24(4)21(27)23(18)3/h6-12,14H,13H2,1-5H3,(H,22,26). The molecule has 0 bridgehead atoms. The zero-order chi connectivity index (χ0) is 22.2. The Hall–Kier alpha value is -3.07. The first-order valence-corrected chi connectivity index (χ1v) is 11.4. The number of fused-ring (bicyclic) bond motifs is 1. The number of aromatic nitrogens is 2. The Morgan fingerprint density at radius 3 is 2.20 bits per heavy atom. The number of carbonyl (C=O) groups excluding carboxylic acids is 1. The van der Waals surface area contributed by atoms with Gasteiger partial charge in [-0.15, -0.1) is 0 Å². The molecule has 0 aliphatic rings. The molecule has 2 aromatic carbocycles. The van der Waals surface area contributed by atoms with Crippen molar-refractivity contribution in [2.75, 3.05) is 22.4 Å². The lowest BCUT2D eigenvalue weighted by Gasteiger charge is -2.22.